The summed E-state index contributed by atoms with van der Waals surface area (Å²) in [5.74, 6) is -2.94. The van der Waals surface area contributed by atoms with E-state index in [1.165, 1.54) is 25.3 Å². The highest BCUT2D eigenvalue weighted by atomic mass is 32.2. The number of amides is 2. The number of anilines is 1. The van der Waals surface area contributed by atoms with Gasteiger partial charge in [0.15, 0.2) is 9.84 Å². The van der Waals surface area contributed by atoms with Crippen LogP contribution in [-0.2, 0) is 29.6 Å². The van der Waals surface area contributed by atoms with E-state index in [4.69, 9.17) is 14.6 Å². The maximum absolute atomic E-state index is 14.6. The molecule has 0 unspecified atom stereocenters. The van der Waals surface area contributed by atoms with E-state index in [0.717, 1.165) is 70.5 Å². The molecule has 3 atom stereocenters. The van der Waals surface area contributed by atoms with Gasteiger partial charge in [-0.1, -0.05) is 24.6 Å². The predicted octanol–water partition coefficient (Wildman–Crippen LogP) is 4.70. The Bertz CT molecular complexity index is 1970. The Morgan fingerprint density at radius 3 is 2.22 bits per heavy atom. The van der Waals surface area contributed by atoms with Gasteiger partial charge in [-0.2, -0.15) is 18.4 Å². The number of nitrogens with one attached hydrogen (secondary N) is 1. The van der Waals surface area contributed by atoms with Crippen molar-refractivity contribution < 1.29 is 50.2 Å². The lowest BCUT2D eigenvalue weighted by molar-refractivity contribution is -0.192. The lowest BCUT2D eigenvalue weighted by atomic mass is 9.59. The first-order chi connectivity index (χ1) is 27.9. The summed E-state index contributed by atoms with van der Waals surface area (Å²) in [6, 6.07) is 16.0. The van der Waals surface area contributed by atoms with Gasteiger partial charge in [0.05, 0.1) is 23.5 Å². The number of benzene rings is 2. The quantitative estimate of drug-likeness (QED) is 0.225. The predicted molar refractivity (Wildman–Crippen MR) is 211 cm³/mol. The Labute approximate surface area is 342 Å². The van der Waals surface area contributed by atoms with Crippen molar-refractivity contribution in [3.8, 4) is 6.07 Å². The zero-order chi connectivity index (χ0) is 43.1. The standard InChI is InChI=1S/C39H51FN6O5S.C2HF3O2/c1-43(2)18-6-11-37(47)46-25-34(26-46)52(49,50)33-14-12-32(13-15-33)45-23-28(24-45)22-44-19-16-29(17-20-44)39(27-41,30-7-4-8-31(40)21-30)35-9-5-10-36(35)42-38(48)51-3;3-2(4,5)1(6)7/h4,6-8,11-15,21,28-29,34-36H,5,9-10,16-20,22-26H2,1-3H3,(H,42,48);(H,6,7)/b11-6+;/t35-,36-,39-;/m0./s1. The van der Waals surface area contributed by atoms with Gasteiger partial charge in [0.1, 0.15) is 11.1 Å². The van der Waals surface area contributed by atoms with Crippen molar-refractivity contribution in [2.24, 2.45) is 17.8 Å². The molecule has 322 valence electrons. The molecule has 0 bridgehead atoms. The minimum Gasteiger partial charge on any atom is -0.475 e. The number of sulfone groups is 1. The molecule has 2 N–H and O–H groups in total. The van der Waals surface area contributed by atoms with Gasteiger partial charge in [0.2, 0.25) is 5.91 Å². The topological polar surface area (TPSA) is 164 Å². The van der Waals surface area contributed by atoms with Crippen molar-refractivity contribution in [2.45, 2.75) is 59.9 Å². The fourth-order valence-corrected chi connectivity index (χ4v) is 10.4. The van der Waals surface area contributed by atoms with Crippen LogP contribution in [0.2, 0.25) is 0 Å². The van der Waals surface area contributed by atoms with Crippen LogP contribution in [0, 0.1) is 34.9 Å². The number of halogens is 4. The van der Waals surface area contributed by atoms with Crippen molar-refractivity contribution in [1.29, 1.82) is 5.26 Å². The Morgan fingerprint density at radius 2 is 1.66 bits per heavy atom. The maximum Gasteiger partial charge on any atom is 0.490 e. The van der Waals surface area contributed by atoms with Crippen LogP contribution in [-0.4, -0.2) is 137 Å². The van der Waals surface area contributed by atoms with Gasteiger partial charge in [0.25, 0.3) is 0 Å². The monoisotopic (exact) mass is 848 g/mol. The molecule has 0 spiro atoms. The van der Waals surface area contributed by atoms with E-state index in [-0.39, 0.29) is 47.6 Å². The lowest BCUT2D eigenvalue weighted by Crippen LogP contribution is -2.56. The SMILES string of the molecule is COC(=O)N[C@H]1CCC[C@@H]1[C@](C#N)(c1cccc(F)c1)C1CCN(CC2CN(c3ccc(S(=O)(=O)C4CN(C(=O)/C=C/CN(C)C)C4)cc3)C2)CC1.O=C(O)C(F)(F)F. The Morgan fingerprint density at radius 1 is 1.02 bits per heavy atom. The average molecular weight is 849 g/mol. The second-order valence-corrected chi connectivity index (χ2v) is 18.2. The number of aliphatic carboxylic acids is 1. The van der Waals surface area contributed by atoms with E-state index in [9.17, 15) is 40.8 Å². The van der Waals surface area contributed by atoms with Crippen LogP contribution < -0.4 is 10.2 Å². The molecule has 0 aromatic heterocycles. The second kappa shape index (κ2) is 19.1. The van der Waals surface area contributed by atoms with E-state index < -0.39 is 38.7 Å². The fraction of sp³-hybridized carbons (Fsp3) is 0.561. The minimum absolute atomic E-state index is 0.0155. The average Bonchev–Trinajstić information content (AvgIpc) is 3.61. The number of alkyl halides is 3. The normalized spacial score (nSPS) is 21.8. The minimum atomic E-state index is -5.08. The highest BCUT2D eigenvalue weighted by molar-refractivity contribution is 7.92. The van der Waals surface area contributed by atoms with Gasteiger partial charge >= 0.3 is 18.2 Å². The van der Waals surface area contributed by atoms with E-state index >= 15 is 0 Å². The highest BCUT2D eigenvalue weighted by Crippen LogP contribution is 2.50. The summed E-state index contributed by atoms with van der Waals surface area (Å²) in [6.07, 6.45) is 1.72. The van der Waals surface area contributed by atoms with E-state index in [1.807, 2.05) is 37.2 Å². The first-order valence-corrected chi connectivity index (χ1v) is 21.2. The number of carboxylic acid groups (broad SMARTS) is 1. The summed E-state index contributed by atoms with van der Waals surface area (Å²) in [4.78, 5) is 42.0. The van der Waals surface area contributed by atoms with Gasteiger partial charge < -0.3 is 34.8 Å². The number of rotatable bonds is 12. The molecule has 4 aliphatic rings. The van der Waals surface area contributed by atoms with Crippen molar-refractivity contribution >= 4 is 33.5 Å². The van der Waals surface area contributed by atoms with E-state index in [0.29, 0.717) is 18.0 Å². The number of carbonyl (C=O) groups is 3. The number of carboxylic acids is 1. The summed E-state index contributed by atoms with van der Waals surface area (Å²) in [5.41, 5.74) is 0.756. The number of methoxy groups -OCH3 is 1. The third-order valence-electron chi connectivity index (χ3n) is 11.9. The lowest BCUT2D eigenvalue weighted by Gasteiger charge is -2.48. The summed E-state index contributed by atoms with van der Waals surface area (Å²) in [7, 11) is 1.64. The first-order valence-electron chi connectivity index (χ1n) is 19.6. The molecule has 1 saturated carbocycles. The number of hydrogen-bond acceptors (Lipinski definition) is 10. The number of likely N-dealkylation sites (tertiary alicyclic amines) is 2. The molecule has 13 nitrogen and oxygen atoms in total. The number of alkyl carbamates (subject to hydrolysis) is 1. The van der Waals surface area contributed by atoms with Crippen molar-refractivity contribution in [1.82, 2.24) is 20.0 Å². The van der Waals surface area contributed by atoms with Crippen molar-refractivity contribution in [3.63, 3.8) is 0 Å². The molecule has 4 fully saturated rings. The summed E-state index contributed by atoms with van der Waals surface area (Å²) >= 11 is 0. The Hall–Kier alpha value is -4.73. The molecule has 3 aliphatic heterocycles. The zero-order valence-corrected chi connectivity index (χ0v) is 34.2. The number of hydrogen-bond donors (Lipinski definition) is 2. The van der Waals surface area contributed by atoms with Crippen LogP contribution >= 0.6 is 0 Å². The number of nitriles is 1. The van der Waals surface area contributed by atoms with Gasteiger partial charge in [-0.3, -0.25) is 4.79 Å². The summed E-state index contributed by atoms with van der Waals surface area (Å²) < 4.78 is 77.7. The molecule has 59 heavy (non-hydrogen) atoms. The molecule has 2 amide bonds. The second-order valence-electron chi connectivity index (χ2n) is 16.0. The van der Waals surface area contributed by atoms with E-state index in [1.54, 1.807) is 29.2 Å². The third-order valence-corrected chi connectivity index (χ3v) is 14.0. The molecule has 18 heteroatoms. The van der Waals surface area contributed by atoms with E-state index in [2.05, 4.69) is 21.2 Å². The molecule has 3 heterocycles. The van der Waals surface area contributed by atoms with Crippen LogP contribution in [0.1, 0.15) is 37.7 Å². The molecule has 1 aliphatic carbocycles. The Balaban J connectivity index is 0.000000867. The van der Waals surface area contributed by atoms with Crippen LogP contribution in [0.5, 0.6) is 0 Å². The molecular weight excluding hydrogens is 797 g/mol. The third kappa shape index (κ3) is 10.7. The van der Waals surface area contributed by atoms with Gasteiger partial charge in [-0.15, -0.1) is 0 Å². The number of piperidine rings is 1. The largest absolute Gasteiger partial charge is 0.490 e. The number of nitrogens with zero attached hydrogens (tertiary/aromatic N) is 5. The molecule has 2 aromatic carbocycles. The number of likely N-dealkylation sites (N-methyl/N-ethyl adjacent to an activating group) is 1. The maximum atomic E-state index is 14.6. The van der Waals surface area contributed by atoms with Gasteiger partial charge in [0, 0.05) is 68.9 Å². The first kappa shape index (κ1) is 45.4. The van der Waals surface area contributed by atoms with Crippen LogP contribution in [0.4, 0.5) is 28.0 Å². The van der Waals surface area contributed by atoms with Crippen molar-refractivity contribution in [2.75, 3.05) is 78.5 Å². The summed E-state index contributed by atoms with van der Waals surface area (Å²) in [6.45, 7) is 5.42. The van der Waals surface area contributed by atoms with Crippen LogP contribution in [0.25, 0.3) is 0 Å². The Kier molecular flexibility index (Phi) is 14.7. The van der Waals surface area contributed by atoms with Gasteiger partial charge in [-0.25, -0.2) is 22.4 Å². The van der Waals surface area contributed by atoms with Crippen LogP contribution in [0.15, 0.2) is 65.6 Å². The summed E-state index contributed by atoms with van der Waals surface area (Å²) in [5, 5.41) is 20.4. The van der Waals surface area contributed by atoms with Crippen LogP contribution in [0.3, 0.4) is 0 Å². The number of ether oxygens (including phenoxy) is 1. The molecule has 2 aromatic rings. The van der Waals surface area contributed by atoms with Crippen molar-refractivity contribution in [3.05, 3.63) is 72.1 Å². The fourth-order valence-electron chi connectivity index (χ4n) is 8.78. The smallest absolute Gasteiger partial charge is 0.475 e. The zero-order valence-electron chi connectivity index (χ0n) is 33.4. The number of carbonyl (C=O) groups excluding carboxylic acids is 2. The molecule has 6 rings (SSSR count). The van der Waals surface area contributed by atoms with Gasteiger partial charge in [-0.05, 0) is 101 Å². The molecule has 0 radical (unpaired) electrons. The molecular formula is C41H52F4N6O7S. The highest BCUT2D eigenvalue weighted by Gasteiger charge is 2.53. The molecule has 3 saturated heterocycles.